The molecule has 0 aromatic heterocycles. The van der Waals surface area contributed by atoms with Gasteiger partial charge in [0.1, 0.15) is 12.7 Å². The van der Waals surface area contributed by atoms with Gasteiger partial charge < -0.3 is 9.47 Å². The fraction of sp³-hybridized carbons (Fsp3) is 0.792. The van der Waals surface area contributed by atoms with E-state index in [2.05, 4.69) is 13.8 Å². The molecule has 0 aromatic rings. The van der Waals surface area contributed by atoms with Crippen LogP contribution in [-0.2, 0) is 23.9 Å². The van der Waals surface area contributed by atoms with Gasteiger partial charge in [-0.25, -0.2) is 0 Å². The van der Waals surface area contributed by atoms with E-state index in [1.54, 1.807) is 0 Å². The Morgan fingerprint density at radius 1 is 1.10 bits per heavy atom. The fourth-order valence-electron chi connectivity index (χ4n) is 7.57. The molecule has 4 rings (SSSR count). The summed E-state index contributed by atoms with van der Waals surface area (Å²) in [6.45, 7) is 8.01. The topological polar surface area (TPSA) is 69.7 Å². The Morgan fingerprint density at radius 2 is 1.86 bits per heavy atom. The van der Waals surface area contributed by atoms with E-state index in [9.17, 15) is 14.4 Å². The predicted octanol–water partition coefficient (Wildman–Crippen LogP) is 4.24. The third kappa shape index (κ3) is 3.25. The van der Waals surface area contributed by atoms with Gasteiger partial charge in [0.2, 0.25) is 0 Å². The first-order valence-corrected chi connectivity index (χ1v) is 11.2. The van der Waals surface area contributed by atoms with Crippen molar-refractivity contribution in [2.45, 2.75) is 78.7 Å². The van der Waals surface area contributed by atoms with Crippen molar-refractivity contribution in [2.24, 2.45) is 34.5 Å². The van der Waals surface area contributed by atoms with Crippen LogP contribution < -0.4 is 0 Å². The van der Waals surface area contributed by atoms with E-state index in [0.717, 1.165) is 38.5 Å². The number of carbonyl (C=O) groups is 3. The van der Waals surface area contributed by atoms with Crippen molar-refractivity contribution in [1.82, 2.24) is 0 Å². The van der Waals surface area contributed by atoms with E-state index in [1.165, 1.54) is 19.4 Å². The molecule has 0 amide bonds. The normalized spacial score (nSPS) is 43.5. The second-order valence-electron chi connectivity index (χ2n) is 10.3. The van der Waals surface area contributed by atoms with Gasteiger partial charge in [0, 0.05) is 31.1 Å². The van der Waals surface area contributed by atoms with Crippen LogP contribution in [0.3, 0.4) is 0 Å². The average Bonchev–Trinajstić information content (AvgIpc) is 2.96. The summed E-state index contributed by atoms with van der Waals surface area (Å²) >= 11 is 0. The minimum atomic E-state index is -0.248. The number of rotatable bonds is 3. The van der Waals surface area contributed by atoms with Crippen LogP contribution in [0.1, 0.15) is 72.6 Å². The molecule has 5 nitrogen and oxygen atoms in total. The fourth-order valence-corrected chi connectivity index (χ4v) is 7.57. The van der Waals surface area contributed by atoms with Crippen molar-refractivity contribution < 1.29 is 23.9 Å². The molecular weight excluding hydrogens is 368 g/mol. The summed E-state index contributed by atoms with van der Waals surface area (Å²) in [6, 6.07) is 0. The largest absolute Gasteiger partial charge is 0.465 e. The summed E-state index contributed by atoms with van der Waals surface area (Å²) in [5.41, 5.74) is 1.04. The molecule has 3 saturated carbocycles. The molecule has 0 aromatic carbocycles. The lowest BCUT2D eigenvalue weighted by atomic mass is 9.45. The highest BCUT2D eigenvalue weighted by molar-refractivity contribution is 5.91. The monoisotopic (exact) mass is 402 g/mol. The first kappa shape index (κ1) is 20.6. The quantitative estimate of drug-likeness (QED) is 0.661. The lowest BCUT2D eigenvalue weighted by molar-refractivity contribution is -0.162. The number of ether oxygens (including phenoxy) is 2. The summed E-state index contributed by atoms with van der Waals surface area (Å²) in [4.78, 5) is 35.6. The van der Waals surface area contributed by atoms with Gasteiger partial charge in [-0.3, -0.25) is 14.4 Å². The Morgan fingerprint density at radius 3 is 2.55 bits per heavy atom. The minimum absolute atomic E-state index is 0.00689. The van der Waals surface area contributed by atoms with Crippen LogP contribution in [0, 0.1) is 34.5 Å². The molecular formula is C24H34O5. The zero-order chi connectivity index (χ0) is 21.0. The Labute approximate surface area is 173 Å². The van der Waals surface area contributed by atoms with Crippen molar-refractivity contribution in [3.8, 4) is 0 Å². The van der Waals surface area contributed by atoms with Gasteiger partial charge in [0.05, 0.1) is 0 Å². The van der Waals surface area contributed by atoms with Crippen molar-refractivity contribution in [2.75, 3.05) is 6.61 Å². The maximum absolute atomic E-state index is 12.2. The van der Waals surface area contributed by atoms with Gasteiger partial charge in [-0.05, 0) is 68.3 Å². The van der Waals surface area contributed by atoms with Crippen LogP contribution in [0.15, 0.2) is 11.6 Å². The Balaban J connectivity index is 1.70. The Hall–Kier alpha value is -1.65. The molecule has 0 spiro atoms. The summed E-state index contributed by atoms with van der Waals surface area (Å²) < 4.78 is 11.4. The molecule has 0 aliphatic heterocycles. The molecule has 0 saturated heterocycles. The standard InChI is InChI=1S/C24H34O5/c1-14-11-17-12-18(27)7-10-24(17,13-28-15(2)25)20-8-9-23(4)19(22(14)20)5-6-21(23)29-16(3)26/h12,14,19-22H,5-11,13H2,1-4H3/t14-,19+,20+,21+,22+,23+,24-/m1/s1. The lowest BCUT2D eigenvalue weighted by Crippen LogP contribution is -2.56. The third-order valence-electron chi connectivity index (χ3n) is 8.79. The van der Waals surface area contributed by atoms with Gasteiger partial charge in [-0.1, -0.05) is 19.4 Å². The first-order valence-electron chi connectivity index (χ1n) is 11.2. The first-order chi connectivity index (χ1) is 13.7. The van der Waals surface area contributed by atoms with Crippen molar-refractivity contribution in [3.63, 3.8) is 0 Å². The Bertz CT molecular complexity index is 754. The molecule has 4 aliphatic carbocycles. The highest BCUT2D eigenvalue weighted by Gasteiger charge is 2.62. The highest BCUT2D eigenvalue weighted by atomic mass is 16.5. The van der Waals surface area contributed by atoms with Crippen LogP contribution in [0.4, 0.5) is 0 Å². The zero-order valence-corrected chi connectivity index (χ0v) is 18.2. The number of hydrogen-bond donors (Lipinski definition) is 0. The number of ketones is 1. The van der Waals surface area contributed by atoms with E-state index in [4.69, 9.17) is 9.47 Å². The maximum atomic E-state index is 12.2. The predicted molar refractivity (Wildman–Crippen MR) is 108 cm³/mol. The van der Waals surface area contributed by atoms with Crippen molar-refractivity contribution >= 4 is 17.7 Å². The molecule has 5 heteroatoms. The van der Waals surface area contributed by atoms with Crippen LogP contribution in [0.2, 0.25) is 0 Å². The number of fused-ring (bicyclic) bond motifs is 5. The van der Waals surface area contributed by atoms with E-state index in [-0.39, 0.29) is 34.7 Å². The van der Waals surface area contributed by atoms with Crippen LogP contribution >= 0.6 is 0 Å². The van der Waals surface area contributed by atoms with Crippen molar-refractivity contribution in [1.29, 1.82) is 0 Å². The summed E-state index contributed by atoms with van der Waals surface area (Å²) in [7, 11) is 0. The van der Waals surface area contributed by atoms with E-state index < -0.39 is 0 Å². The summed E-state index contributed by atoms with van der Waals surface area (Å²) in [5, 5.41) is 0. The molecule has 0 unspecified atom stereocenters. The molecule has 7 atom stereocenters. The van der Waals surface area contributed by atoms with Gasteiger partial charge in [0.25, 0.3) is 0 Å². The van der Waals surface area contributed by atoms with Crippen LogP contribution in [0.25, 0.3) is 0 Å². The van der Waals surface area contributed by atoms with E-state index in [0.29, 0.717) is 36.7 Å². The maximum Gasteiger partial charge on any atom is 0.302 e. The number of hydrogen-bond acceptors (Lipinski definition) is 5. The number of esters is 2. The molecule has 4 aliphatic rings. The molecule has 160 valence electrons. The number of carbonyl (C=O) groups excluding carboxylic acids is 3. The van der Waals surface area contributed by atoms with Crippen LogP contribution in [0.5, 0.6) is 0 Å². The highest BCUT2D eigenvalue weighted by Crippen LogP contribution is 2.67. The molecule has 29 heavy (non-hydrogen) atoms. The molecule has 0 heterocycles. The average molecular weight is 403 g/mol. The minimum Gasteiger partial charge on any atom is -0.465 e. The van der Waals surface area contributed by atoms with E-state index in [1.807, 2.05) is 6.08 Å². The van der Waals surface area contributed by atoms with E-state index >= 15 is 0 Å². The molecule has 0 N–H and O–H groups in total. The molecule has 3 fully saturated rings. The van der Waals surface area contributed by atoms with Crippen molar-refractivity contribution in [3.05, 3.63) is 11.6 Å². The summed E-state index contributed by atoms with van der Waals surface area (Å²) in [6.07, 6.45) is 8.18. The zero-order valence-electron chi connectivity index (χ0n) is 18.2. The summed E-state index contributed by atoms with van der Waals surface area (Å²) in [5.74, 6) is 1.69. The second kappa shape index (κ2) is 7.24. The molecule has 0 bridgehead atoms. The van der Waals surface area contributed by atoms with Crippen LogP contribution in [-0.4, -0.2) is 30.4 Å². The van der Waals surface area contributed by atoms with Gasteiger partial charge in [-0.15, -0.1) is 0 Å². The van der Waals surface area contributed by atoms with Gasteiger partial charge in [0.15, 0.2) is 5.78 Å². The van der Waals surface area contributed by atoms with Gasteiger partial charge in [-0.2, -0.15) is 0 Å². The third-order valence-corrected chi connectivity index (χ3v) is 8.79. The molecule has 0 radical (unpaired) electrons. The SMILES string of the molecule is CC(=O)OC[C@]12CCC(=O)C=C1C[C@@H](C)[C@@H]1[C@@H]2CC[C@]2(C)[C@@H](OC(C)=O)CC[C@@H]12. The Kier molecular flexibility index (Phi) is 5.15. The van der Waals surface area contributed by atoms with Gasteiger partial charge >= 0.3 is 11.9 Å². The lowest BCUT2D eigenvalue weighted by Gasteiger charge is -2.60. The second-order valence-corrected chi connectivity index (χ2v) is 10.3. The smallest absolute Gasteiger partial charge is 0.302 e.